The molecule has 0 aliphatic rings. The normalized spacial score (nSPS) is 10.0. The number of primary amides is 1. The van der Waals surface area contributed by atoms with E-state index in [2.05, 4.69) is 19.9 Å². The van der Waals surface area contributed by atoms with Crippen molar-refractivity contribution in [2.75, 3.05) is 0 Å². The lowest BCUT2D eigenvalue weighted by Gasteiger charge is -1.99. The van der Waals surface area contributed by atoms with Crippen LogP contribution in [0.5, 0.6) is 0 Å². The van der Waals surface area contributed by atoms with E-state index in [1.807, 2.05) is 0 Å². The summed E-state index contributed by atoms with van der Waals surface area (Å²) in [5.41, 5.74) is 4.44. The minimum atomic E-state index is -0.775. The van der Waals surface area contributed by atoms with Gasteiger partial charge in [0.05, 0.1) is 0 Å². The number of aromatic amines is 1. The van der Waals surface area contributed by atoms with Crippen molar-refractivity contribution in [3.8, 4) is 11.6 Å². The summed E-state index contributed by atoms with van der Waals surface area (Å²) < 4.78 is 0. The smallest absolute Gasteiger partial charge is 0.267 e. The number of carbonyl (C=O) groups excluding carboxylic acids is 1. The molecule has 0 aromatic carbocycles. The lowest BCUT2D eigenvalue weighted by molar-refractivity contribution is 0.0995. The third kappa shape index (κ3) is 1.92. The second kappa shape index (κ2) is 3.89. The summed E-state index contributed by atoms with van der Waals surface area (Å²) in [4.78, 5) is 36.2. The maximum absolute atomic E-state index is 11.2. The molecule has 2 aromatic heterocycles. The molecule has 0 radical (unpaired) electrons. The Morgan fingerprint density at radius 2 is 2.00 bits per heavy atom. The van der Waals surface area contributed by atoms with Crippen LogP contribution in [0, 0.1) is 0 Å². The number of aromatic nitrogens is 4. The van der Waals surface area contributed by atoms with E-state index in [0.29, 0.717) is 0 Å². The molecule has 7 heteroatoms. The molecule has 0 spiro atoms. The Bertz CT molecular complexity index is 578. The van der Waals surface area contributed by atoms with E-state index in [1.54, 1.807) is 6.07 Å². The first-order chi connectivity index (χ1) is 7.66. The number of nitrogens with zero attached hydrogens (tertiary/aromatic N) is 3. The fraction of sp³-hybridized carbons (Fsp3) is 0. The first-order valence-corrected chi connectivity index (χ1v) is 4.35. The summed E-state index contributed by atoms with van der Waals surface area (Å²) in [6, 6.07) is 2.65. The highest BCUT2D eigenvalue weighted by atomic mass is 16.1. The summed E-state index contributed by atoms with van der Waals surface area (Å²) >= 11 is 0. The summed E-state index contributed by atoms with van der Waals surface area (Å²) in [6.07, 6.45) is 3.00. The standard InChI is InChI=1S/C9H7N5O2/c10-7(16)5-4-6(15)14-9(13-5)8-11-2-1-3-12-8/h1-4H,(H2,10,16)(H,13,14,15). The molecule has 80 valence electrons. The quantitative estimate of drug-likeness (QED) is 0.691. The lowest BCUT2D eigenvalue weighted by atomic mass is 10.3. The van der Waals surface area contributed by atoms with Crippen LogP contribution in [-0.2, 0) is 0 Å². The molecule has 2 heterocycles. The second-order valence-corrected chi connectivity index (χ2v) is 2.92. The van der Waals surface area contributed by atoms with Crippen LogP contribution in [0.1, 0.15) is 10.5 Å². The second-order valence-electron chi connectivity index (χ2n) is 2.92. The SMILES string of the molecule is NC(=O)c1cc(=O)[nH]c(-c2ncccn2)n1. The van der Waals surface area contributed by atoms with Crippen LogP contribution in [0.25, 0.3) is 11.6 Å². The van der Waals surface area contributed by atoms with Gasteiger partial charge in [-0.25, -0.2) is 15.0 Å². The highest BCUT2D eigenvalue weighted by molar-refractivity contribution is 5.90. The number of H-pyrrole nitrogens is 1. The van der Waals surface area contributed by atoms with Gasteiger partial charge in [0.25, 0.3) is 11.5 Å². The molecule has 0 saturated carbocycles. The fourth-order valence-electron chi connectivity index (χ4n) is 1.11. The molecule has 2 rings (SSSR count). The Morgan fingerprint density at radius 3 is 2.62 bits per heavy atom. The van der Waals surface area contributed by atoms with Crippen LogP contribution in [0.3, 0.4) is 0 Å². The molecule has 16 heavy (non-hydrogen) atoms. The van der Waals surface area contributed by atoms with Crippen molar-refractivity contribution in [1.29, 1.82) is 0 Å². The molecule has 7 nitrogen and oxygen atoms in total. The highest BCUT2D eigenvalue weighted by Gasteiger charge is 2.09. The molecule has 2 aromatic rings. The predicted molar refractivity (Wildman–Crippen MR) is 54.4 cm³/mol. The Labute approximate surface area is 89.4 Å². The van der Waals surface area contributed by atoms with Crippen LogP contribution in [0.4, 0.5) is 0 Å². The Morgan fingerprint density at radius 1 is 1.31 bits per heavy atom. The number of hydrogen-bond acceptors (Lipinski definition) is 5. The Hall–Kier alpha value is -2.57. The number of nitrogens with one attached hydrogen (secondary N) is 1. The van der Waals surface area contributed by atoms with Crippen molar-refractivity contribution in [2.45, 2.75) is 0 Å². The summed E-state index contributed by atoms with van der Waals surface area (Å²) in [5, 5.41) is 0. The van der Waals surface area contributed by atoms with Crippen LogP contribution in [0.15, 0.2) is 29.3 Å². The molecular weight excluding hydrogens is 210 g/mol. The summed E-state index contributed by atoms with van der Waals surface area (Å²) in [7, 11) is 0. The van der Waals surface area contributed by atoms with E-state index in [0.717, 1.165) is 6.07 Å². The average Bonchev–Trinajstić information content (AvgIpc) is 2.29. The van der Waals surface area contributed by atoms with Gasteiger partial charge in [-0.05, 0) is 6.07 Å². The maximum Gasteiger partial charge on any atom is 0.267 e. The minimum Gasteiger partial charge on any atom is -0.364 e. The van der Waals surface area contributed by atoms with Gasteiger partial charge in [-0.15, -0.1) is 0 Å². The van der Waals surface area contributed by atoms with Gasteiger partial charge in [0.15, 0.2) is 11.6 Å². The van der Waals surface area contributed by atoms with Crippen LogP contribution < -0.4 is 11.3 Å². The van der Waals surface area contributed by atoms with E-state index >= 15 is 0 Å². The molecule has 1 amide bonds. The van der Waals surface area contributed by atoms with Gasteiger partial charge >= 0.3 is 0 Å². The van der Waals surface area contributed by atoms with E-state index in [4.69, 9.17) is 5.73 Å². The van der Waals surface area contributed by atoms with Crippen molar-refractivity contribution in [2.24, 2.45) is 5.73 Å². The Balaban J connectivity index is 2.58. The van der Waals surface area contributed by atoms with Crippen molar-refractivity contribution in [3.05, 3.63) is 40.6 Å². The fourth-order valence-corrected chi connectivity index (χ4v) is 1.11. The van der Waals surface area contributed by atoms with Gasteiger partial charge in [-0.2, -0.15) is 0 Å². The zero-order valence-electron chi connectivity index (χ0n) is 8.04. The van der Waals surface area contributed by atoms with Crippen molar-refractivity contribution < 1.29 is 4.79 Å². The lowest BCUT2D eigenvalue weighted by Crippen LogP contribution is -2.19. The van der Waals surface area contributed by atoms with Gasteiger partial charge in [0.1, 0.15) is 5.69 Å². The number of carbonyl (C=O) groups is 1. The summed E-state index contributed by atoms with van der Waals surface area (Å²) in [5.74, 6) is -0.437. The molecule has 0 saturated heterocycles. The number of rotatable bonds is 2. The third-order valence-corrected chi connectivity index (χ3v) is 1.77. The monoisotopic (exact) mass is 217 g/mol. The van der Waals surface area contributed by atoms with E-state index in [1.165, 1.54) is 12.4 Å². The van der Waals surface area contributed by atoms with Crippen molar-refractivity contribution in [1.82, 2.24) is 19.9 Å². The summed E-state index contributed by atoms with van der Waals surface area (Å²) in [6.45, 7) is 0. The van der Waals surface area contributed by atoms with Crippen molar-refractivity contribution >= 4 is 5.91 Å². The van der Waals surface area contributed by atoms with Gasteiger partial charge in [-0.3, -0.25) is 9.59 Å². The molecule has 3 N–H and O–H groups in total. The van der Waals surface area contributed by atoms with Crippen LogP contribution >= 0.6 is 0 Å². The zero-order valence-corrected chi connectivity index (χ0v) is 8.04. The molecule has 0 fully saturated rings. The predicted octanol–water partition coefficient (Wildman–Crippen LogP) is -0.674. The molecular formula is C9H7N5O2. The average molecular weight is 217 g/mol. The van der Waals surface area contributed by atoms with E-state index in [9.17, 15) is 9.59 Å². The van der Waals surface area contributed by atoms with Gasteiger partial charge in [0, 0.05) is 18.5 Å². The van der Waals surface area contributed by atoms with Crippen LogP contribution in [0.2, 0.25) is 0 Å². The number of nitrogens with two attached hydrogens (primary N) is 1. The minimum absolute atomic E-state index is 0.113. The molecule has 0 aliphatic carbocycles. The topological polar surface area (TPSA) is 115 Å². The molecule has 0 unspecified atom stereocenters. The zero-order chi connectivity index (χ0) is 11.5. The largest absolute Gasteiger partial charge is 0.364 e. The number of amides is 1. The Kier molecular flexibility index (Phi) is 2.42. The third-order valence-electron chi connectivity index (χ3n) is 1.77. The van der Waals surface area contributed by atoms with Gasteiger partial charge < -0.3 is 10.7 Å². The maximum atomic E-state index is 11.2. The number of hydrogen-bond donors (Lipinski definition) is 2. The van der Waals surface area contributed by atoms with E-state index in [-0.39, 0.29) is 17.3 Å². The molecule has 0 atom stereocenters. The molecule has 0 bridgehead atoms. The molecule has 0 aliphatic heterocycles. The van der Waals surface area contributed by atoms with E-state index < -0.39 is 11.5 Å². The van der Waals surface area contributed by atoms with Crippen molar-refractivity contribution in [3.63, 3.8) is 0 Å². The van der Waals surface area contributed by atoms with Crippen LogP contribution in [-0.4, -0.2) is 25.8 Å². The highest BCUT2D eigenvalue weighted by Crippen LogP contribution is 2.04. The first-order valence-electron chi connectivity index (χ1n) is 4.35. The first kappa shape index (κ1) is 9.97. The van der Waals surface area contributed by atoms with Gasteiger partial charge in [0.2, 0.25) is 0 Å². The van der Waals surface area contributed by atoms with Gasteiger partial charge in [-0.1, -0.05) is 0 Å².